The van der Waals surface area contributed by atoms with E-state index < -0.39 is 47.3 Å². The third-order valence-corrected chi connectivity index (χ3v) is 6.52. The number of ether oxygens (including phenoxy) is 1. The number of nitrogens with one attached hydrogen (secondary N) is 1. The maximum Gasteiger partial charge on any atom is 0.341 e. The Hall–Kier alpha value is -4.46. The normalized spacial score (nSPS) is 13.6. The van der Waals surface area contributed by atoms with E-state index in [1.807, 2.05) is 27.7 Å². The molecule has 2 heterocycles. The summed E-state index contributed by atoms with van der Waals surface area (Å²) in [6.07, 6.45) is 2.52. The molecule has 3 rings (SSSR count). The van der Waals surface area contributed by atoms with Crippen LogP contribution >= 0.6 is 0 Å². The summed E-state index contributed by atoms with van der Waals surface area (Å²) in [5, 5.41) is 11.6. The van der Waals surface area contributed by atoms with Gasteiger partial charge in [-0.2, -0.15) is 0 Å². The number of carboxylic acid groups (broad SMARTS) is 1. The second-order valence-electron chi connectivity index (χ2n) is 10.2. The van der Waals surface area contributed by atoms with Crippen molar-refractivity contribution in [1.82, 2.24) is 24.0 Å². The number of primary amides is 1. The molecule has 0 aliphatic rings. The van der Waals surface area contributed by atoms with Crippen LogP contribution < -0.4 is 32.8 Å². The standard InChI is InChI=1S/C27H37N7O7/c1-5-11-32-23-21(24(38)33(12-6-2)26(32)40)30-15-34(23)27(25(29)39,31-22(37)19(28)13-16(3)4)17-7-9-18(10-8-17)41-14-20(35)36/h7-10,15-16,19H,5-6,11-14,28H2,1-4H3,(H2,29,39)(H,31,37)(H,35,36)/t19-,27?/m0/s1. The van der Waals surface area contributed by atoms with Crippen molar-refractivity contribution in [2.75, 3.05) is 6.61 Å². The Bertz CT molecular complexity index is 1540. The molecule has 0 spiro atoms. The minimum Gasteiger partial charge on any atom is -0.482 e. The summed E-state index contributed by atoms with van der Waals surface area (Å²) in [4.78, 5) is 69.0. The van der Waals surface area contributed by atoms with Gasteiger partial charge >= 0.3 is 11.7 Å². The Kier molecular flexibility index (Phi) is 9.71. The molecule has 41 heavy (non-hydrogen) atoms. The fourth-order valence-corrected chi connectivity index (χ4v) is 4.71. The van der Waals surface area contributed by atoms with Crippen LogP contribution in [0.2, 0.25) is 0 Å². The van der Waals surface area contributed by atoms with Crippen molar-refractivity contribution in [3.8, 4) is 5.75 Å². The first-order valence-electron chi connectivity index (χ1n) is 13.4. The molecule has 0 aliphatic carbocycles. The molecule has 222 valence electrons. The number of aliphatic carboxylic acids is 1. The first-order valence-corrected chi connectivity index (χ1v) is 13.4. The van der Waals surface area contributed by atoms with E-state index in [0.717, 1.165) is 4.57 Å². The molecule has 14 nitrogen and oxygen atoms in total. The highest BCUT2D eigenvalue weighted by Crippen LogP contribution is 2.29. The number of hydrogen-bond donors (Lipinski definition) is 4. The van der Waals surface area contributed by atoms with Gasteiger partial charge in [-0.25, -0.2) is 14.6 Å². The number of hydrogen-bond acceptors (Lipinski definition) is 8. The van der Waals surface area contributed by atoms with Crippen molar-refractivity contribution < 1.29 is 24.2 Å². The number of nitrogens with zero attached hydrogens (tertiary/aromatic N) is 4. The summed E-state index contributed by atoms with van der Waals surface area (Å²) in [5.41, 5.74) is 8.82. The van der Waals surface area contributed by atoms with Crippen LogP contribution in [-0.4, -0.2) is 54.2 Å². The molecule has 2 amide bonds. The van der Waals surface area contributed by atoms with Gasteiger partial charge in [-0.15, -0.1) is 0 Å². The van der Waals surface area contributed by atoms with E-state index in [1.54, 1.807) is 0 Å². The van der Waals surface area contributed by atoms with Crippen molar-refractivity contribution in [3.05, 3.63) is 57.0 Å². The lowest BCUT2D eigenvalue weighted by Crippen LogP contribution is -2.62. The highest BCUT2D eigenvalue weighted by atomic mass is 16.5. The molecule has 1 unspecified atom stereocenters. The molecule has 0 aliphatic heterocycles. The number of nitrogens with two attached hydrogens (primary N) is 2. The second kappa shape index (κ2) is 12.8. The van der Waals surface area contributed by atoms with Crippen LogP contribution in [0.15, 0.2) is 40.2 Å². The minimum absolute atomic E-state index is 0.00284. The van der Waals surface area contributed by atoms with Crippen LogP contribution in [0.25, 0.3) is 11.2 Å². The maximum atomic E-state index is 13.5. The Labute approximate surface area is 235 Å². The molecule has 0 saturated carbocycles. The molecule has 0 saturated heterocycles. The summed E-state index contributed by atoms with van der Waals surface area (Å²) in [7, 11) is 0. The lowest BCUT2D eigenvalue weighted by molar-refractivity contribution is -0.139. The predicted octanol–water partition coefficient (Wildman–Crippen LogP) is 0.319. The Morgan fingerprint density at radius 2 is 1.68 bits per heavy atom. The quantitative estimate of drug-likeness (QED) is 0.210. The van der Waals surface area contributed by atoms with Gasteiger partial charge in [-0.1, -0.05) is 39.8 Å². The number of aromatic nitrogens is 4. The Morgan fingerprint density at radius 1 is 1.07 bits per heavy atom. The average Bonchev–Trinajstić information content (AvgIpc) is 3.36. The van der Waals surface area contributed by atoms with Gasteiger partial charge in [-0.3, -0.25) is 28.1 Å². The lowest BCUT2D eigenvalue weighted by Gasteiger charge is -2.35. The van der Waals surface area contributed by atoms with Crippen molar-refractivity contribution in [3.63, 3.8) is 0 Å². The van der Waals surface area contributed by atoms with E-state index >= 15 is 0 Å². The van der Waals surface area contributed by atoms with Crippen LogP contribution in [0.5, 0.6) is 5.75 Å². The summed E-state index contributed by atoms with van der Waals surface area (Å²) in [6, 6.07) is 4.64. The maximum absolute atomic E-state index is 13.5. The summed E-state index contributed by atoms with van der Waals surface area (Å²) < 4.78 is 8.85. The zero-order valence-corrected chi connectivity index (χ0v) is 23.6. The molecule has 14 heteroatoms. The number of rotatable bonds is 14. The van der Waals surface area contributed by atoms with Gasteiger partial charge in [0.05, 0.1) is 12.4 Å². The molecule has 0 radical (unpaired) electrons. The first kappa shape index (κ1) is 31.1. The molecule has 6 N–H and O–H groups in total. The number of benzene rings is 1. The van der Waals surface area contributed by atoms with Gasteiger partial charge < -0.3 is 26.6 Å². The fourth-order valence-electron chi connectivity index (χ4n) is 4.71. The van der Waals surface area contributed by atoms with E-state index in [9.17, 15) is 24.0 Å². The van der Waals surface area contributed by atoms with Crippen LogP contribution in [0.1, 0.15) is 52.5 Å². The molecule has 2 aromatic heterocycles. The second-order valence-corrected chi connectivity index (χ2v) is 10.2. The van der Waals surface area contributed by atoms with Gasteiger partial charge in [0.1, 0.15) is 5.75 Å². The summed E-state index contributed by atoms with van der Waals surface area (Å²) in [6.45, 7) is 7.21. The predicted molar refractivity (Wildman–Crippen MR) is 150 cm³/mol. The number of fused-ring (bicyclic) bond motifs is 1. The number of aryl methyl sites for hydroxylation is 1. The van der Waals surface area contributed by atoms with Gasteiger partial charge in [0.15, 0.2) is 17.8 Å². The summed E-state index contributed by atoms with van der Waals surface area (Å²) in [5.74, 6) is -2.69. The molecule has 3 aromatic rings. The van der Waals surface area contributed by atoms with Crippen molar-refractivity contribution >= 4 is 28.9 Å². The number of carbonyl (C=O) groups is 3. The fraction of sp³-hybridized carbons (Fsp3) is 0.481. The molecule has 2 atom stereocenters. The molecule has 0 bridgehead atoms. The van der Waals surface area contributed by atoms with Gasteiger partial charge in [0, 0.05) is 18.7 Å². The SMILES string of the molecule is CCCn1c(=O)c2ncn(C(NC(=O)[C@@H](N)CC(C)C)(C(N)=O)c3ccc(OCC(=O)O)cc3)c2n(CCC)c1=O. The smallest absolute Gasteiger partial charge is 0.341 e. The van der Waals surface area contributed by atoms with Crippen LogP contribution in [0.4, 0.5) is 0 Å². The van der Waals surface area contributed by atoms with E-state index in [2.05, 4.69) is 10.3 Å². The van der Waals surface area contributed by atoms with Gasteiger partial charge in [-0.05, 0) is 37.3 Å². The van der Waals surface area contributed by atoms with E-state index in [0.29, 0.717) is 19.3 Å². The van der Waals surface area contributed by atoms with Gasteiger partial charge in [0.2, 0.25) is 11.6 Å². The Morgan fingerprint density at radius 3 is 2.22 bits per heavy atom. The number of carboxylic acids is 1. The zero-order valence-electron chi connectivity index (χ0n) is 23.6. The number of imidazole rings is 1. The number of carbonyl (C=O) groups excluding carboxylic acids is 2. The Balaban J connectivity index is 2.38. The van der Waals surface area contributed by atoms with Crippen LogP contribution in [-0.2, 0) is 33.1 Å². The van der Waals surface area contributed by atoms with Crippen molar-refractivity contribution in [1.29, 1.82) is 0 Å². The highest BCUT2D eigenvalue weighted by Gasteiger charge is 2.45. The zero-order chi connectivity index (χ0) is 30.5. The molecular weight excluding hydrogens is 534 g/mol. The van der Waals surface area contributed by atoms with Crippen LogP contribution in [0.3, 0.4) is 0 Å². The third kappa shape index (κ3) is 6.16. The monoisotopic (exact) mass is 571 g/mol. The van der Waals surface area contributed by atoms with Crippen molar-refractivity contribution in [2.24, 2.45) is 17.4 Å². The summed E-state index contributed by atoms with van der Waals surface area (Å²) >= 11 is 0. The highest BCUT2D eigenvalue weighted by molar-refractivity contribution is 5.94. The average molecular weight is 572 g/mol. The lowest BCUT2D eigenvalue weighted by atomic mass is 9.96. The van der Waals surface area contributed by atoms with E-state index in [4.69, 9.17) is 21.3 Å². The van der Waals surface area contributed by atoms with Crippen LogP contribution in [0, 0.1) is 5.92 Å². The third-order valence-electron chi connectivity index (χ3n) is 6.52. The first-order chi connectivity index (χ1) is 19.4. The van der Waals surface area contributed by atoms with Gasteiger partial charge in [0.25, 0.3) is 11.5 Å². The topological polar surface area (TPSA) is 207 Å². The molecule has 0 fully saturated rings. The largest absolute Gasteiger partial charge is 0.482 e. The number of amides is 2. The van der Waals surface area contributed by atoms with Crippen molar-refractivity contribution in [2.45, 2.75) is 71.8 Å². The van der Waals surface area contributed by atoms with E-state index in [1.165, 1.54) is 39.7 Å². The molecule has 1 aromatic carbocycles. The minimum atomic E-state index is -2.18. The molecular formula is C27H37N7O7. The van der Waals surface area contributed by atoms with E-state index in [-0.39, 0.29) is 41.5 Å².